The summed E-state index contributed by atoms with van der Waals surface area (Å²) in [6.07, 6.45) is 4.55. The maximum absolute atomic E-state index is 13.5. The fourth-order valence-electron chi connectivity index (χ4n) is 3.78. The van der Waals surface area contributed by atoms with Crippen LogP contribution in [-0.4, -0.2) is 40.6 Å². The van der Waals surface area contributed by atoms with E-state index in [9.17, 15) is 10.00 Å². The van der Waals surface area contributed by atoms with Crippen LogP contribution in [-0.2, 0) is 0 Å². The van der Waals surface area contributed by atoms with E-state index >= 15 is 0 Å². The number of hydrogen-bond donors (Lipinski definition) is 1. The molecule has 2 aliphatic rings. The number of fused-ring (bicyclic) bond motifs is 1. The predicted octanol–water partition coefficient (Wildman–Crippen LogP) is 1.99. The Hall–Kier alpha value is -0.510. The van der Waals surface area contributed by atoms with Crippen molar-refractivity contribution in [2.24, 2.45) is 0 Å². The first-order chi connectivity index (χ1) is 9.56. The van der Waals surface area contributed by atoms with E-state index in [0.717, 1.165) is 18.4 Å². The highest BCUT2D eigenvalue weighted by Gasteiger charge is 2.59. The predicted molar refractivity (Wildman–Crippen MR) is 79.9 cm³/mol. The number of hydrogen-bond acceptors (Lipinski definition) is 4. The maximum Gasteiger partial charge on any atom is 0.217 e. The third-order valence-corrected chi connectivity index (χ3v) is 8.31. The lowest BCUT2D eigenvalue weighted by atomic mass is 9.91. The highest BCUT2D eigenvalue weighted by molar-refractivity contribution is 7.64. The summed E-state index contributed by atoms with van der Waals surface area (Å²) in [6.45, 7) is 0. The van der Waals surface area contributed by atoms with Gasteiger partial charge < -0.3 is 10.00 Å². The Morgan fingerprint density at radius 1 is 1.10 bits per heavy atom. The number of benzene rings is 1. The van der Waals surface area contributed by atoms with Crippen LogP contribution < -0.4 is 4.89 Å². The minimum absolute atomic E-state index is 0.318. The molecule has 20 heavy (non-hydrogen) atoms. The van der Waals surface area contributed by atoms with Crippen molar-refractivity contribution in [1.82, 2.24) is 9.34 Å². The Morgan fingerprint density at radius 2 is 1.60 bits per heavy atom. The van der Waals surface area contributed by atoms with Gasteiger partial charge in [-0.05, 0) is 12.8 Å². The molecule has 1 saturated heterocycles. The Morgan fingerprint density at radius 3 is 2.10 bits per heavy atom. The van der Waals surface area contributed by atoms with Crippen molar-refractivity contribution in [3.8, 4) is 0 Å². The highest BCUT2D eigenvalue weighted by Crippen LogP contribution is 2.72. The molecule has 3 rings (SSSR count). The molecule has 5 heteroatoms. The summed E-state index contributed by atoms with van der Waals surface area (Å²) in [7, 11) is 0.884. The van der Waals surface area contributed by atoms with Gasteiger partial charge in [-0.2, -0.15) is 9.34 Å². The Balaban J connectivity index is 1.94. The second kappa shape index (κ2) is 5.36. The summed E-state index contributed by atoms with van der Waals surface area (Å²) in [4.78, 5) is 13.5. The first-order valence-electron chi connectivity index (χ1n) is 7.36. The Kier molecular flexibility index (Phi) is 3.87. The van der Waals surface area contributed by atoms with Gasteiger partial charge in [-0.1, -0.05) is 43.2 Å². The third kappa shape index (κ3) is 2.02. The van der Waals surface area contributed by atoms with E-state index in [0.29, 0.717) is 12.1 Å². The topological polar surface area (TPSA) is 49.8 Å². The average molecular weight is 294 g/mol. The summed E-state index contributed by atoms with van der Waals surface area (Å²) >= 11 is 0. The van der Waals surface area contributed by atoms with E-state index in [1.807, 2.05) is 53.8 Å². The van der Waals surface area contributed by atoms with Crippen molar-refractivity contribution in [1.29, 1.82) is 0 Å². The van der Waals surface area contributed by atoms with Crippen molar-refractivity contribution in [3.63, 3.8) is 0 Å². The quantitative estimate of drug-likeness (QED) is 0.848. The minimum atomic E-state index is -2.95. The number of aliphatic hydroxyl groups excluding tert-OH is 1. The number of nitrogens with zero attached hydrogens (tertiary/aromatic N) is 2. The molecule has 1 heterocycles. The molecule has 1 aliphatic heterocycles. The standard InChI is InChI=1S/C15H23N2O2P/c1-16-13-10-6-7-11-14(13)17(2)20(16,19)15(18)12-8-4-3-5-9-12/h3-5,8-9,13-15,18H,6-7,10-11H2,1-2H3/t13-,14-,15?/m0/s1. The molecule has 0 spiro atoms. The summed E-state index contributed by atoms with van der Waals surface area (Å²) in [6, 6.07) is 10.0. The van der Waals surface area contributed by atoms with E-state index in [1.54, 1.807) is 0 Å². The summed E-state index contributed by atoms with van der Waals surface area (Å²) in [5.41, 5.74) is 0.744. The lowest BCUT2D eigenvalue weighted by Gasteiger charge is -2.40. The van der Waals surface area contributed by atoms with E-state index in [4.69, 9.17) is 0 Å². The second-order valence-corrected chi connectivity index (χ2v) is 8.87. The molecule has 0 bridgehead atoms. The SMILES string of the molecule is CN1[C@H]2CCCC[C@@H]2N(C)[P+]1([O-])C(O)c1ccccc1. The van der Waals surface area contributed by atoms with Crippen molar-refractivity contribution in [2.45, 2.75) is 43.6 Å². The highest BCUT2D eigenvalue weighted by atomic mass is 31.2. The van der Waals surface area contributed by atoms with Gasteiger partial charge >= 0.3 is 0 Å². The van der Waals surface area contributed by atoms with Crippen LogP contribution in [0.2, 0.25) is 0 Å². The van der Waals surface area contributed by atoms with E-state index < -0.39 is 13.6 Å². The van der Waals surface area contributed by atoms with E-state index in [-0.39, 0.29) is 0 Å². The Labute approximate surface area is 121 Å². The van der Waals surface area contributed by atoms with Crippen LogP contribution >= 0.6 is 7.79 Å². The van der Waals surface area contributed by atoms with Crippen molar-refractivity contribution < 1.29 is 10.00 Å². The van der Waals surface area contributed by atoms with E-state index in [1.165, 1.54) is 12.8 Å². The summed E-state index contributed by atoms with van der Waals surface area (Å²) in [5, 5.41) is 10.7. The lowest BCUT2D eigenvalue weighted by Crippen LogP contribution is -2.37. The van der Waals surface area contributed by atoms with Crippen LogP contribution in [0.25, 0.3) is 0 Å². The molecule has 1 aromatic rings. The van der Waals surface area contributed by atoms with Crippen LogP contribution in [0.1, 0.15) is 37.1 Å². The third-order valence-electron chi connectivity index (χ3n) is 4.97. The zero-order valence-electron chi connectivity index (χ0n) is 12.1. The summed E-state index contributed by atoms with van der Waals surface area (Å²) < 4.78 is 3.93. The van der Waals surface area contributed by atoms with Crippen molar-refractivity contribution in [2.75, 3.05) is 14.1 Å². The smallest absolute Gasteiger partial charge is 0.217 e. The molecule has 110 valence electrons. The first kappa shape index (κ1) is 14.4. The van der Waals surface area contributed by atoms with Gasteiger partial charge in [0, 0.05) is 19.7 Å². The molecule has 3 atom stereocenters. The van der Waals surface area contributed by atoms with Gasteiger partial charge in [0.2, 0.25) is 5.85 Å². The van der Waals surface area contributed by atoms with Gasteiger partial charge in [0.15, 0.2) is 0 Å². The average Bonchev–Trinajstić information content (AvgIpc) is 2.71. The fourth-order valence-corrected chi connectivity index (χ4v) is 6.86. The molecule has 1 aliphatic carbocycles. The van der Waals surface area contributed by atoms with Gasteiger partial charge in [-0.25, -0.2) is 0 Å². The van der Waals surface area contributed by atoms with Crippen LogP contribution in [0.5, 0.6) is 0 Å². The lowest BCUT2D eigenvalue weighted by molar-refractivity contribution is -0.198. The molecule has 1 unspecified atom stereocenters. The summed E-state index contributed by atoms with van der Waals surface area (Å²) in [5.74, 6) is -0.927. The molecule has 1 aromatic carbocycles. The van der Waals surface area contributed by atoms with Crippen LogP contribution in [0.4, 0.5) is 0 Å². The van der Waals surface area contributed by atoms with Gasteiger partial charge in [-0.15, -0.1) is 0 Å². The minimum Gasteiger partial charge on any atom is -0.648 e. The van der Waals surface area contributed by atoms with E-state index in [2.05, 4.69) is 0 Å². The maximum atomic E-state index is 13.5. The molecule has 4 nitrogen and oxygen atoms in total. The molecule has 2 fully saturated rings. The van der Waals surface area contributed by atoms with Gasteiger partial charge in [0.1, 0.15) is 7.79 Å². The molecule has 0 radical (unpaired) electrons. The van der Waals surface area contributed by atoms with Gasteiger partial charge in [0.25, 0.3) is 0 Å². The molecule has 1 saturated carbocycles. The number of rotatable bonds is 2. The van der Waals surface area contributed by atoms with Crippen molar-refractivity contribution >= 4 is 7.79 Å². The van der Waals surface area contributed by atoms with Crippen LogP contribution in [0, 0.1) is 0 Å². The van der Waals surface area contributed by atoms with Crippen LogP contribution in [0.3, 0.4) is 0 Å². The van der Waals surface area contributed by atoms with Crippen molar-refractivity contribution in [3.05, 3.63) is 35.9 Å². The van der Waals surface area contributed by atoms with Gasteiger partial charge in [0.05, 0.1) is 12.1 Å². The molecular formula is C15H23N2O2P. The number of aliphatic hydroxyl groups is 1. The number of likely N-dealkylation sites (N-methyl/N-ethyl adjacent to an activating group) is 2. The molecule has 0 amide bonds. The second-order valence-electron chi connectivity index (χ2n) is 5.94. The first-order valence-corrected chi connectivity index (χ1v) is 9.04. The van der Waals surface area contributed by atoms with Crippen LogP contribution in [0.15, 0.2) is 30.3 Å². The Bertz CT molecular complexity index is 452. The monoisotopic (exact) mass is 294 g/mol. The van der Waals surface area contributed by atoms with Gasteiger partial charge in [-0.3, -0.25) is 0 Å². The fraction of sp³-hybridized carbons (Fsp3) is 0.600. The molecule has 1 N–H and O–H groups in total. The zero-order chi connectivity index (χ0) is 14.3. The zero-order valence-corrected chi connectivity index (χ0v) is 13.0. The normalized spacial score (nSPS) is 32.0. The molecule has 0 aromatic heterocycles. The molecular weight excluding hydrogens is 271 g/mol. The largest absolute Gasteiger partial charge is 0.648 e.